The van der Waals surface area contributed by atoms with E-state index in [1.54, 1.807) is 12.3 Å². The Balaban J connectivity index is 2.02. The average Bonchev–Trinajstić information content (AvgIpc) is 2.50. The molecule has 0 saturated heterocycles. The molecule has 2 N–H and O–H groups in total. The van der Waals surface area contributed by atoms with Crippen LogP contribution in [0, 0.1) is 0 Å². The zero-order valence-corrected chi connectivity index (χ0v) is 13.1. The quantitative estimate of drug-likeness (QED) is 0.775. The first kappa shape index (κ1) is 15.7. The van der Waals surface area contributed by atoms with E-state index in [1.807, 2.05) is 0 Å². The number of ether oxygens (including phenoxy) is 1. The van der Waals surface area contributed by atoms with E-state index in [-0.39, 0.29) is 11.5 Å². The number of nitrogens with one attached hydrogen (secondary N) is 1. The maximum atomic E-state index is 12.2. The van der Waals surface area contributed by atoms with E-state index < -0.39 is 6.36 Å². The van der Waals surface area contributed by atoms with Gasteiger partial charge in [0.25, 0.3) is 0 Å². The van der Waals surface area contributed by atoms with Gasteiger partial charge in [0.1, 0.15) is 11.4 Å². The van der Waals surface area contributed by atoms with Crippen LogP contribution in [0.5, 0.6) is 11.5 Å². The Morgan fingerprint density at radius 3 is 2.57 bits per heavy atom. The number of aliphatic imine (C=N–C) groups is 1. The van der Waals surface area contributed by atoms with Crippen LogP contribution < -0.4 is 10.1 Å². The summed E-state index contributed by atoms with van der Waals surface area (Å²) in [6.45, 7) is 0.496. The number of fused-ring (bicyclic) bond motifs is 1. The molecule has 3 rings (SSSR count). The summed E-state index contributed by atoms with van der Waals surface area (Å²) in [6, 6.07) is 7.19. The van der Waals surface area contributed by atoms with Gasteiger partial charge < -0.3 is 15.2 Å². The summed E-state index contributed by atoms with van der Waals surface area (Å²) in [5.74, 6) is -0.289. The monoisotopic (exact) mass is 386 g/mol. The van der Waals surface area contributed by atoms with Crippen LogP contribution in [0.15, 0.2) is 39.8 Å². The smallest absolute Gasteiger partial charge is 0.504 e. The highest BCUT2D eigenvalue weighted by atomic mass is 79.9. The SMILES string of the molecule is Oc1c(Br)cc(-c2ccc(OC(F)(F)F)cc2)c2c1N=CCN2. The zero-order chi connectivity index (χ0) is 16.6. The lowest BCUT2D eigenvalue weighted by molar-refractivity contribution is -0.274. The Morgan fingerprint density at radius 2 is 1.91 bits per heavy atom. The minimum Gasteiger partial charge on any atom is -0.504 e. The summed E-state index contributed by atoms with van der Waals surface area (Å²) in [5.41, 5.74) is 2.38. The second-order valence-corrected chi connectivity index (χ2v) is 5.60. The van der Waals surface area contributed by atoms with E-state index in [9.17, 15) is 18.3 Å². The second kappa shape index (κ2) is 5.77. The number of phenolic OH excluding ortho intramolecular Hbond substituents is 1. The largest absolute Gasteiger partial charge is 0.573 e. The van der Waals surface area contributed by atoms with Gasteiger partial charge in [-0.3, -0.25) is 4.99 Å². The molecule has 0 amide bonds. The fraction of sp³-hybridized carbons (Fsp3) is 0.133. The standard InChI is InChI=1S/C15H10BrF3N2O2/c16-11-7-10(12-13(14(11)22)21-6-5-20-12)8-1-3-9(4-2-8)23-15(17,18)19/h1-4,6-7,20,22H,5H2. The maximum absolute atomic E-state index is 12.2. The molecule has 1 aliphatic rings. The first-order valence-electron chi connectivity index (χ1n) is 6.53. The van der Waals surface area contributed by atoms with Gasteiger partial charge in [0, 0.05) is 11.8 Å². The summed E-state index contributed by atoms with van der Waals surface area (Å²) in [4.78, 5) is 4.16. The van der Waals surface area contributed by atoms with Gasteiger partial charge in [0.2, 0.25) is 0 Å². The fourth-order valence-corrected chi connectivity index (χ4v) is 2.70. The minimum atomic E-state index is -4.72. The highest BCUT2D eigenvalue weighted by Gasteiger charge is 2.31. The van der Waals surface area contributed by atoms with Crippen LogP contribution in [0.1, 0.15) is 0 Å². The molecule has 0 fully saturated rings. The molecule has 8 heteroatoms. The number of aromatic hydroxyl groups is 1. The molecule has 0 bridgehead atoms. The molecule has 0 unspecified atom stereocenters. The van der Waals surface area contributed by atoms with E-state index in [2.05, 4.69) is 31.0 Å². The number of alkyl halides is 3. The highest BCUT2D eigenvalue weighted by molar-refractivity contribution is 9.10. The highest BCUT2D eigenvalue weighted by Crippen LogP contribution is 2.47. The maximum Gasteiger partial charge on any atom is 0.573 e. The molecule has 0 radical (unpaired) electrons. The predicted molar refractivity (Wildman–Crippen MR) is 84.6 cm³/mol. The van der Waals surface area contributed by atoms with E-state index in [0.29, 0.717) is 33.5 Å². The average molecular weight is 387 g/mol. The van der Waals surface area contributed by atoms with Crippen molar-refractivity contribution in [3.05, 3.63) is 34.8 Å². The summed E-state index contributed by atoms with van der Waals surface area (Å²) >= 11 is 3.25. The van der Waals surface area contributed by atoms with Gasteiger partial charge in [-0.15, -0.1) is 13.2 Å². The normalized spacial score (nSPS) is 13.4. The Kier molecular flexibility index (Phi) is 3.93. The second-order valence-electron chi connectivity index (χ2n) is 4.74. The van der Waals surface area contributed by atoms with Crippen molar-refractivity contribution in [2.45, 2.75) is 6.36 Å². The molecule has 0 atom stereocenters. The lowest BCUT2D eigenvalue weighted by Crippen LogP contribution is -2.16. The predicted octanol–water partition coefficient (Wildman–Crippen LogP) is 4.85. The van der Waals surface area contributed by atoms with Crippen molar-refractivity contribution >= 4 is 33.5 Å². The summed E-state index contributed by atoms with van der Waals surface area (Å²) in [7, 11) is 0. The molecule has 2 aromatic carbocycles. The van der Waals surface area contributed by atoms with Crippen molar-refractivity contribution in [1.29, 1.82) is 0 Å². The third kappa shape index (κ3) is 3.26. The topological polar surface area (TPSA) is 53.9 Å². The summed E-state index contributed by atoms with van der Waals surface area (Å²) in [5, 5.41) is 13.2. The molecule has 2 aromatic rings. The molecule has 0 saturated carbocycles. The molecular weight excluding hydrogens is 377 g/mol. The molecular formula is C15H10BrF3N2O2. The van der Waals surface area contributed by atoms with Crippen LogP contribution in [0.25, 0.3) is 11.1 Å². The summed E-state index contributed by atoms with van der Waals surface area (Å²) < 4.78 is 40.9. The number of phenols is 1. The Bertz CT molecular complexity index is 774. The van der Waals surface area contributed by atoms with Crippen molar-refractivity contribution < 1.29 is 23.0 Å². The number of nitrogens with zero attached hydrogens (tertiary/aromatic N) is 1. The first-order valence-corrected chi connectivity index (χ1v) is 7.32. The van der Waals surface area contributed by atoms with Crippen molar-refractivity contribution in [2.75, 3.05) is 11.9 Å². The van der Waals surface area contributed by atoms with Crippen molar-refractivity contribution in [3.8, 4) is 22.6 Å². The van der Waals surface area contributed by atoms with Gasteiger partial charge in [-0.2, -0.15) is 0 Å². The Labute approximate surface area is 137 Å². The van der Waals surface area contributed by atoms with Gasteiger partial charge in [0.05, 0.1) is 16.7 Å². The van der Waals surface area contributed by atoms with E-state index >= 15 is 0 Å². The number of benzene rings is 2. The van der Waals surface area contributed by atoms with Crippen LogP contribution in [0.2, 0.25) is 0 Å². The van der Waals surface area contributed by atoms with Crippen LogP contribution >= 0.6 is 15.9 Å². The number of halogens is 4. The number of anilines is 1. The van der Waals surface area contributed by atoms with E-state index in [0.717, 1.165) is 0 Å². The van der Waals surface area contributed by atoms with Gasteiger partial charge in [-0.1, -0.05) is 12.1 Å². The molecule has 120 valence electrons. The van der Waals surface area contributed by atoms with Gasteiger partial charge in [-0.05, 0) is 39.7 Å². The van der Waals surface area contributed by atoms with Crippen molar-refractivity contribution in [2.24, 2.45) is 4.99 Å². The van der Waals surface area contributed by atoms with Crippen LogP contribution in [0.3, 0.4) is 0 Å². The third-order valence-electron chi connectivity index (χ3n) is 3.22. The zero-order valence-electron chi connectivity index (χ0n) is 11.5. The van der Waals surface area contributed by atoms with Crippen LogP contribution in [0.4, 0.5) is 24.5 Å². The van der Waals surface area contributed by atoms with Gasteiger partial charge >= 0.3 is 6.36 Å². The van der Waals surface area contributed by atoms with Crippen LogP contribution in [-0.2, 0) is 0 Å². The van der Waals surface area contributed by atoms with E-state index in [1.165, 1.54) is 24.3 Å². The van der Waals surface area contributed by atoms with Crippen LogP contribution in [-0.4, -0.2) is 24.2 Å². The molecule has 4 nitrogen and oxygen atoms in total. The van der Waals surface area contributed by atoms with Crippen molar-refractivity contribution in [3.63, 3.8) is 0 Å². The molecule has 1 heterocycles. The molecule has 0 aromatic heterocycles. The van der Waals surface area contributed by atoms with Gasteiger partial charge in [-0.25, -0.2) is 0 Å². The lowest BCUT2D eigenvalue weighted by atomic mass is 10.0. The molecule has 23 heavy (non-hydrogen) atoms. The molecule has 0 spiro atoms. The fourth-order valence-electron chi connectivity index (χ4n) is 2.28. The molecule has 1 aliphatic heterocycles. The number of rotatable bonds is 2. The van der Waals surface area contributed by atoms with Gasteiger partial charge in [0.15, 0.2) is 5.75 Å². The van der Waals surface area contributed by atoms with Crippen molar-refractivity contribution in [1.82, 2.24) is 0 Å². The minimum absolute atomic E-state index is 0.00391. The summed E-state index contributed by atoms with van der Waals surface area (Å²) in [6.07, 6.45) is -3.10. The van der Waals surface area contributed by atoms with E-state index in [4.69, 9.17) is 0 Å². The third-order valence-corrected chi connectivity index (χ3v) is 3.82. The Morgan fingerprint density at radius 1 is 1.22 bits per heavy atom. The number of hydrogen-bond acceptors (Lipinski definition) is 4. The lowest BCUT2D eigenvalue weighted by Gasteiger charge is -2.19. The molecule has 0 aliphatic carbocycles. The first-order chi connectivity index (χ1) is 10.8. The number of hydrogen-bond donors (Lipinski definition) is 2. The Hall–Kier alpha value is -2.22.